The summed E-state index contributed by atoms with van der Waals surface area (Å²) >= 11 is 0. The molecule has 0 aromatic rings. The molecule has 0 rings (SSSR count). The maximum absolute atomic E-state index is 8.23. The Bertz CT molecular complexity index is 19.5. The lowest BCUT2D eigenvalue weighted by molar-refractivity contribution is 0.595. The molecule has 0 aliphatic carbocycles. The second-order valence-electron chi connectivity index (χ2n) is 1.26. The Kier molecular flexibility index (Phi) is 5.33. The molecule has 0 atom stereocenters. The topological polar surface area (TPSA) is 20.2 Å². The quantitative estimate of drug-likeness (QED) is 0.413. The highest BCUT2D eigenvalue weighted by atomic mass is 28.2. The Balaban J connectivity index is 2.34. The van der Waals surface area contributed by atoms with Crippen LogP contribution < -0.4 is 0 Å². The molecule has 1 N–H and O–H groups in total. The standard InChI is InChI=1S/C4H10OSi/c1-2-3-4-6-5/h5H,2-4H2,1H3. The minimum Gasteiger partial charge on any atom is -0.432 e. The van der Waals surface area contributed by atoms with Crippen molar-refractivity contribution >= 4 is 9.76 Å². The van der Waals surface area contributed by atoms with E-state index in [0.29, 0.717) is 0 Å². The Morgan fingerprint density at radius 2 is 2.33 bits per heavy atom. The molecule has 0 fully saturated rings. The van der Waals surface area contributed by atoms with Gasteiger partial charge in [0.15, 0.2) is 0 Å². The third kappa shape index (κ3) is 4.18. The highest BCUT2D eigenvalue weighted by Crippen LogP contribution is 1.89. The van der Waals surface area contributed by atoms with E-state index in [1.807, 2.05) is 0 Å². The zero-order chi connectivity index (χ0) is 4.83. The van der Waals surface area contributed by atoms with Crippen LogP contribution in [0.1, 0.15) is 19.8 Å². The summed E-state index contributed by atoms with van der Waals surface area (Å²) in [5.74, 6) is 0. The van der Waals surface area contributed by atoms with Crippen molar-refractivity contribution in [1.29, 1.82) is 0 Å². The van der Waals surface area contributed by atoms with Gasteiger partial charge in [0, 0.05) is 0 Å². The molecule has 0 saturated carbocycles. The molecular weight excluding hydrogens is 92.1 g/mol. The fourth-order valence-corrected chi connectivity index (χ4v) is 0.768. The lowest BCUT2D eigenvalue weighted by Crippen LogP contribution is -1.82. The van der Waals surface area contributed by atoms with Crippen LogP contribution in [0.2, 0.25) is 6.04 Å². The summed E-state index contributed by atoms with van der Waals surface area (Å²) in [6.07, 6.45) is 2.38. The largest absolute Gasteiger partial charge is 0.432 e. The second kappa shape index (κ2) is 5.18. The molecule has 0 spiro atoms. The van der Waals surface area contributed by atoms with E-state index in [4.69, 9.17) is 4.80 Å². The van der Waals surface area contributed by atoms with E-state index in [1.165, 1.54) is 12.8 Å². The number of hydrogen-bond acceptors (Lipinski definition) is 1. The Morgan fingerprint density at radius 1 is 1.67 bits per heavy atom. The van der Waals surface area contributed by atoms with Gasteiger partial charge < -0.3 is 4.80 Å². The van der Waals surface area contributed by atoms with Crippen molar-refractivity contribution in [3.63, 3.8) is 0 Å². The van der Waals surface area contributed by atoms with Crippen molar-refractivity contribution in [2.45, 2.75) is 25.8 Å². The van der Waals surface area contributed by atoms with Gasteiger partial charge in [0.05, 0.1) is 0 Å². The van der Waals surface area contributed by atoms with Gasteiger partial charge in [-0.2, -0.15) is 0 Å². The lowest BCUT2D eigenvalue weighted by Gasteiger charge is -1.83. The first-order chi connectivity index (χ1) is 2.91. The van der Waals surface area contributed by atoms with Gasteiger partial charge in [-0.05, 0) is 6.04 Å². The van der Waals surface area contributed by atoms with Crippen LogP contribution in [0.25, 0.3) is 0 Å². The van der Waals surface area contributed by atoms with Gasteiger partial charge >= 0.3 is 0 Å². The highest BCUT2D eigenvalue weighted by Gasteiger charge is 1.79. The van der Waals surface area contributed by atoms with E-state index in [2.05, 4.69) is 6.92 Å². The molecule has 0 bridgehead atoms. The first-order valence-electron chi connectivity index (χ1n) is 2.28. The average Bonchev–Trinajstić information content (AvgIpc) is 1.61. The molecule has 2 radical (unpaired) electrons. The van der Waals surface area contributed by atoms with Gasteiger partial charge in [-0.3, -0.25) is 0 Å². The normalized spacial score (nSPS) is 9.00. The molecule has 0 amide bonds. The van der Waals surface area contributed by atoms with Crippen molar-refractivity contribution < 1.29 is 4.80 Å². The van der Waals surface area contributed by atoms with Crippen LogP contribution in [0.3, 0.4) is 0 Å². The summed E-state index contributed by atoms with van der Waals surface area (Å²) in [5.41, 5.74) is 0. The van der Waals surface area contributed by atoms with Crippen molar-refractivity contribution in [2.24, 2.45) is 0 Å². The Morgan fingerprint density at radius 3 is 2.50 bits per heavy atom. The number of rotatable bonds is 3. The van der Waals surface area contributed by atoms with Crippen molar-refractivity contribution in [3.05, 3.63) is 0 Å². The van der Waals surface area contributed by atoms with Gasteiger partial charge in [0.2, 0.25) is 9.76 Å². The average molecular weight is 102 g/mol. The summed E-state index contributed by atoms with van der Waals surface area (Å²) in [7, 11) is 0.165. The first-order valence-corrected chi connectivity index (χ1v) is 3.44. The van der Waals surface area contributed by atoms with Gasteiger partial charge in [-0.25, -0.2) is 0 Å². The lowest BCUT2D eigenvalue weighted by atomic mass is 10.4. The van der Waals surface area contributed by atoms with E-state index in [1.54, 1.807) is 0 Å². The Hall–Kier alpha value is 0.177. The van der Waals surface area contributed by atoms with Crippen LogP contribution in [-0.4, -0.2) is 14.6 Å². The van der Waals surface area contributed by atoms with Crippen LogP contribution in [0.5, 0.6) is 0 Å². The van der Waals surface area contributed by atoms with E-state index in [9.17, 15) is 0 Å². The summed E-state index contributed by atoms with van der Waals surface area (Å²) in [5, 5.41) is 0. The monoisotopic (exact) mass is 102 g/mol. The molecule has 0 saturated heterocycles. The zero-order valence-electron chi connectivity index (χ0n) is 4.07. The van der Waals surface area contributed by atoms with E-state index in [0.717, 1.165) is 6.04 Å². The predicted molar refractivity (Wildman–Crippen MR) is 27.7 cm³/mol. The van der Waals surface area contributed by atoms with Crippen molar-refractivity contribution in [2.75, 3.05) is 0 Å². The molecule has 1 nitrogen and oxygen atoms in total. The predicted octanol–water partition coefficient (Wildman–Crippen LogP) is 0.816. The minimum absolute atomic E-state index is 0.165. The first kappa shape index (κ1) is 6.18. The van der Waals surface area contributed by atoms with E-state index >= 15 is 0 Å². The van der Waals surface area contributed by atoms with Gasteiger partial charge in [-0.15, -0.1) is 0 Å². The molecular formula is C4H10OSi. The number of unbranched alkanes of at least 4 members (excludes halogenated alkanes) is 1. The molecule has 0 aromatic carbocycles. The van der Waals surface area contributed by atoms with Crippen LogP contribution >= 0.6 is 0 Å². The molecule has 0 aliphatic heterocycles. The SMILES string of the molecule is CCCC[Si]O. The third-order valence-electron chi connectivity index (χ3n) is 0.642. The molecule has 0 unspecified atom stereocenters. The summed E-state index contributed by atoms with van der Waals surface area (Å²) in [4.78, 5) is 8.23. The van der Waals surface area contributed by atoms with Crippen LogP contribution in [0, 0.1) is 0 Å². The minimum atomic E-state index is 0.165. The Labute approximate surface area is 41.3 Å². The zero-order valence-corrected chi connectivity index (χ0v) is 5.07. The summed E-state index contributed by atoms with van der Waals surface area (Å²) < 4.78 is 0. The van der Waals surface area contributed by atoms with Crippen LogP contribution in [-0.2, 0) is 0 Å². The molecule has 36 valence electrons. The number of hydrogen-bond donors (Lipinski definition) is 1. The van der Waals surface area contributed by atoms with E-state index in [-0.39, 0.29) is 9.76 Å². The fraction of sp³-hybridized carbons (Fsp3) is 1.00. The van der Waals surface area contributed by atoms with E-state index < -0.39 is 0 Å². The molecule has 0 aromatic heterocycles. The molecule has 0 heterocycles. The molecule has 2 heteroatoms. The van der Waals surface area contributed by atoms with Gasteiger partial charge in [0.1, 0.15) is 0 Å². The maximum Gasteiger partial charge on any atom is 0.224 e. The highest BCUT2D eigenvalue weighted by molar-refractivity contribution is 6.25. The van der Waals surface area contributed by atoms with Gasteiger partial charge in [0.25, 0.3) is 0 Å². The van der Waals surface area contributed by atoms with Crippen molar-refractivity contribution in [3.8, 4) is 0 Å². The third-order valence-corrected chi connectivity index (χ3v) is 1.22. The van der Waals surface area contributed by atoms with Gasteiger partial charge in [-0.1, -0.05) is 19.8 Å². The smallest absolute Gasteiger partial charge is 0.224 e. The summed E-state index contributed by atoms with van der Waals surface area (Å²) in [6, 6.07) is 0.997. The van der Waals surface area contributed by atoms with Crippen LogP contribution in [0.4, 0.5) is 0 Å². The fourth-order valence-electron chi connectivity index (χ4n) is 0.256. The summed E-state index contributed by atoms with van der Waals surface area (Å²) in [6.45, 7) is 2.13. The maximum atomic E-state index is 8.23. The molecule has 0 aliphatic rings. The second-order valence-corrected chi connectivity index (χ2v) is 2.08. The molecule has 6 heavy (non-hydrogen) atoms. The van der Waals surface area contributed by atoms with Crippen LogP contribution in [0.15, 0.2) is 0 Å². The van der Waals surface area contributed by atoms with Crippen molar-refractivity contribution in [1.82, 2.24) is 0 Å².